The second-order valence-corrected chi connectivity index (χ2v) is 3.89. The van der Waals surface area contributed by atoms with E-state index in [1.54, 1.807) is 12.2 Å². The van der Waals surface area contributed by atoms with Crippen LogP contribution in [0, 0.1) is 0 Å². The van der Waals surface area contributed by atoms with E-state index < -0.39 is 8.25 Å². The van der Waals surface area contributed by atoms with Gasteiger partial charge >= 0.3 is 8.25 Å². The van der Waals surface area contributed by atoms with Crippen LogP contribution in [0.15, 0.2) is 43.0 Å². The fourth-order valence-corrected chi connectivity index (χ4v) is 1.40. The summed E-state index contributed by atoms with van der Waals surface area (Å²) in [5.74, 6) is 0. The summed E-state index contributed by atoms with van der Waals surface area (Å²) in [6.45, 7) is 3.84. The third-order valence-electron chi connectivity index (χ3n) is 2.02. The molecule has 1 aromatic rings. The van der Waals surface area contributed by atoms with E-state index in [9.17, 15) is 4.57 Å². The standard InChI is InChI=1S/C12H13O3P/c1-2-11-6-8-12(9-7-11)5-3-4-10-15-16(13)14/h2-4,6-9H,1,5,10H2/p+1. The summed E-state index contributed by atoms with van der Waals surface area (Å²) in [6, 6.07) is 8.04. The predicted octanol–water partition coefficient (Wildman–Crippen LogP) is 3.09. The van der Waals surface area contributed by atoms with Gasteiger partial charge in [-0.25, -0.2) is 0 Å². The first-order valence-corrected chi connectivity index (χ1v) is 6.01. The van der Waals surface area contributed by atoms with E-state index in [0.717, 1.165) is 12.0 Å². The predicted molar refractivity (Wildman–Crippen MR) is 65.2 cm³/mol. The SMILES string of the molecule is C=Cc1ccc(CC=CCO[P+](=O)O)cc1. The van der Waals surface area contributed by atoms with Crippen molar-refractivity contribution in [2.45, 2.75) is 6.42 Å². The molecule has 0 aliphatic carbocycles. The van der Waals surface area contributed by atoms with Crippen molar-refractivity contribution in [3.05, 3.63) is 54.1 Å². The molecule has 84 valence electrons. The lowest BCUT2D eigenvalue weighted by atomic mass is 10.1. The number of rotatable bonds is 6. The molecular weight excluding hydrogens is 223 g/mol. The minimum absolute atomic E-state index is 0.163. The van der Waals surface area contributed by atoms with Crippen LogP contribution in [0.1, 0.15) is 11.1 Å². The van der Waals surface area contributed by atoms with Crippen LogP contribution in [-0.2, 0) is 15.5 Å². The van der Waals surface area contributed by atoms with E-state index in [-0.39, 0.29) is 6.61 Å². The van der Waals surface area contributed by atoms with Crippen LogP contribution >= 0.6 is 8.25 Å². The minimum atomic E-state index is -2.49. The van der Waals surface area contributed by atoms with E-state index >= 15 is 0 Å². The maximum Gasteiger partial charge on any atom is 0.695 e. The molecule has 0 aliphatic rings. The van der Waals surface area contributed by atoms with E-state index in [0.29, 0.717) is 0 Å². The number of allylic oxidation sites excluding steroid dienone is 1. The molecule has 0 spiro atoms. The number of benzene rings is 1. The van der Waals surface area contributed by atoms with Gasteiger partial charge in [-0.3, -0.25) is 0 Å². The molecule has 0 saturated heterocycles. The van der Waals surface area contributed by atoms with Gasteiger partial charge < -0.3 is 0 Å². The first kappa shape index (κ1) is 12.8. The summed E-state index contributed by atoms with van der Waals surface area (Å²) in [7, 11) is -2.49. The Hall–Kier alpha value is -1.28. The molecular formula is C12H14O3P+. The van der Waals surface area contributed by atoms with E-state index in [2.05, 4.69) is 11.1 Å². The monoisotopic (exact) mass is 237 g/mol. The molecule has 0 bridgehead atoms. The molecule has 0 aromatic heterocycles. The van der Waals surface area contributed by atoms with Gasteiger partial charge in [-0.2, -0.15) is 0 Å². The zero-order valence-electron chi connectivity index (χ0n) is 8.87. The van der Waals surface area contributed by atoms with Crippen molar-refractivity contribution < 1.29 is 14.0 Å². The van der Waals surface area contributed by atoms with Crippen molar-refractivity contribution in [3.8, 4) is 0 Å². The third kappa shape index (κ3) is 4.99. The van der Waals surface area contributed by atoms with Gasteiger partial charge in [0.25, 0.3) is 0 Å². The lowest BCUT2D eigenvalue weighted by Crippen LogP contribution is -1.83. The van der Waals surface area contributed by atoms with Gasteiger partial charge in [-0.15, -0.1) is 9.42 Å². The van der Waals surface area contributed by atoms with Gasteiger partial charge in [0.2, 0.25) is 0 Å². The molecule has 1 aromatic carbocycles. The smallest absolute Gasteiger partial charge is 0.133 e. The summed E-state index contributed by atoms with van der Waals surface area (Å²) in [6.07, 6.45) is 6.21. The highest BCUT2D eigenvalue weighted by Gasteiger charge is 2.08. The normalized spacial score (nSPS) is 11.7. The fraction of sp³-hybridized carbons (Fsp3) is 0.167. The Morgan fingerprint density at radius 3 is 2.56 bits per heavy atom. The van der Waals surface area contributed by atoms with Crippen LogP contribution in [0.25, 0.3) is 6.08 Å². The molecule has 0 amide bonds. The Bertz CT molecular complexity index is 382. The summed E-state index contributed by atoms with van der Waals surface area (Å²) in [5.41, 5.74) is 2.27. The fourth-order valence-electron chi connectivity index (χ4n) is 1.18. The van der Waals surface area contributed by atoms with Gasteiger partial charge in [-0.1, -0.05) is 49.1 Å². The summed E-state index contributed by atoms with van der Waals surface area (Å²) in [5, 5.41) is 0. The van der Waals surface area contributed by atoms with E-state index in [1.165, 1.54) is 5.56 Å². The lowest BCUT2D eigenvalue weighted by Gasteiger charge is -1.97. The van der Waals surface area contributed by atoms with Crippen LogP contribution in [0.2, 0.25) is 0 Å². The quantitative estimate of drug-likeness (QED) is 0.610. The van der Waals surface area contributed by atoms with Crippen LogP contribution in [0.4, 0.5) is 0 Å². The lowest BCUT2D eigenvalue weighted by molar-refractivity contribution is 0.312. The highest BCUT2D eigenvalue weighted by molar-refractivity contribution is 7.32. The summed E-state index contributed by atoms with van der Waals surface area (Å²) in [4.78, 5) is 8.37. The van der Waals surface area contributed by atoms with Gasteiger partial charge in [0, 0.05) is 4.57 Å². The average molecular weight is 237 g/mol. The molecule has 1 atom stereocenters. The Morgan fingerprint density at radius 1 is 1.31 bits per heavy atom. The first-order valence-electron chi connectivity index (χ1n) is 4.88. The van der Waals surface area contributed by atoms with Crippen LogP contribution in [-0.4, -0.2) is 11.5 Å². The zero-order chi connectivity index (χ0) is 11.8. The van der Waals surface area contributed by atoms with Crippen molar-refractivity contribution in [3.63, 3.8) is 0 Å². The molecule has 1 N–H and O–H groups in total. The Balaban J connectivity index is 2.36. The third-order valence-corrected chi connectivity index (χ3v) is 2.39. The maximum absolute atomic E-state index is 10.2. The zero-order valence-corrected chi connectivity index (χ0v) is 9.77. The largest absolute Gasteiger partial charge is 0.695 e. The second-order valence-electron chi connectivity index (χ2n) is 3.15. The average Bonchev–Trinajstić information content (AvgIpc) is 2.29. The molecule has 0 aliphatic heterocycles. The Morgan fingerprint density at radius 2 is 2.00 bits per heavy atom. The molecule has 0 radical (unpaired) electrons. The number of hydrogen-bond acceptors (Lipinski definition) is 2. The Kier molecular flexibility index (Phi) is 5.65. The highest BCUT2D eigenvalue weighted by Crippen LogP contribution is 2.13. The van der Waals surface area contributed by atoms with Crippen molar-refractivity contribution in [2.24, 2.45) is 0 Å². The van der Waals surface area contributed by atoms with Crippen LogP contribution in [0.5, 0.6) is 0 Å². The van der Waals surface area contributed by atoms with Gasteiger partial charge in [0.15, 0.2) is 0 Å². The maximum atomic E-state index is 10.2. The minimum Gasteiger partial charge on any atom is -0.133 e. The van der Waals surface area contributed by atoms with Crippen LogP contribution in [0.3, 0.4) is 0 Å². The molecule has 1 rings (SSSR count). The number of hydrogen-bond donors (Lipinski definition) is 1. The van der Waals surface area contributed by atoms with Crippen molar-refractivity contribution in [1.29, 1.82) is 0 Å². The molecule has 4 heteroatoms. The summed E-state index contributed by atoms with van der Waals surface area (Å²) >= 11 is 0. The van der Waals surface area contributed by atoms with Crippen molar-refractivity contribution >= 4 is 14.3 Å². The van der Waals surface area contributed by atoms with E-state index in [4.69, 9.17) is 4.89 Å². The molecule has 1 unspecified atom stereocenters. The van der Waals surface area contributed by atoms with Gasteiger partial charge in [0.05, 0.1) is 0 Å². The molecule has 0 fully saturated rings. The summed E-state index contributed by atoms with van der Waals surface area (Å²) < 4.78 is 14.7. The molecule has 16 heavy (non-hydrogen) atoms. The van der Waals surface area contributed by atoms with Gasteiger partial charge in [0.1, 0.15) is 6.61 Å². The molecule has 0 heterocycles. The molecule has 0 saturated carbocycles. The van der Waals surface area contributed by atoms with Gasteiger partial charge in [-0.05, 0) is 17.5 Å². The molecule has 3 nitrogen and oxygen atoms in total. The Labute approximate surface area is 96.0 Å². The highest BCUT2D eigenvalue weighted by atomic mass is 31.1. The topological polar surface area (TPSA) is 46.5 Å². The van der Waals surface area contributed by atoms with Crippen molar-refractivity contribution in [1.82, 2.24) is 0 Å². The van der Waals surface area contributed by atoms with Crippen LogP contribution < -0.4 is 0 Å². The van der Waals surface area contributed by atoms with Crippen molar-refractivity contribution in [2.75, 3.05) is 6.61 Å². The first-order chi connectivity index (χ1) is 7.72. The van der Waals surface area contributed by atoms with E-state index in [1.807, 2.05) is 30.3 Å². The second kappa shape index (κ2) is 7.07.